The topological polar surface area (TPSA) is 31.2 Å². The fraction of sp³-hybridized carbons (Fsp3) is 0.312. The van der Waals surface area contributed by atoms with Crippen molar-refractivity contribution in [1.29, 1.82) is 0 Å². The van der Waals surface area contributed by atoms with Crippen LogP contribution >= 0.6 is 15.9 Å². The maximum atomic E-state index is 12.2. The largest absolute Gasteiger partial charge is 0.485 e. The van der Waals surface area contributed by atoms with Gasteiger partial charge in [-0.05, 0) is 50.6 Å². The SMILES string of the molecule is Cc1cc(OCC(=O)c2cc(C)n(C)c2C)ccc1Br. The monoisotopic (exact) mass is 335 g/mol. The van der Waals surface area contributed by atoms with Crippen molar-refractivity contribution in [2.45, 2.75) is 20.8 Å². The van der Waals surface area contributed by atoms with E-state index in [0.717, 1.165) is 27.0 Å². The second kappa shape index (κ2) is 5.83. The second-order valence-electron chi connectivity index (χ2n) is 4.97. The zero-order chi connectivity index (χ0) is 14.9. The molecule has 0 bridgehead atoms. The predicted molar refractivity (Wildman–Crippen MR) is 83.6 cm³/mol. The quantitative estimate of drug-likeness (QED) is 0.791. The zero-order valence-corrected chi connectivity index (χ0v) is 13.7. The minimum Gasteiger partial charge on any atom is -0.485 e. The molecule has 0 saturated carbocycles. The molecule has 0 atom stereocenters. The van der Waals surface area contributed by atoms with Crippen LogP contribution in [0.25, 0.3) is 0 Å². The second-order valence-corrected chi connectivity index (χ2v) is 5.82. The minimum atomic E-state index is 0.00627. The number of benzene rings is 1. The number of carbonyl (C=O) groups is 1. The summed E-state index contributed by atoms with van der Waals surface area (Å²) in [5.74, 6) is 0.719. The Morgan fingerprint density at radius 2 is 1.95 bits per heavy atom. The predicted octanol–water partition coefficient (Wildman–Crippen LogP) is 3.97. The Bertz CT molecular complexity index is 659. The number of rotatable bonds is 4. The first kappa shape index (κ1) is 14.9. The first-order valence-electron chi connectivity index (χ1n) is 6.45. The van der Waals surface area contributed by atoms with E-state index in [2.05, 4.69) is 15.9 Å². The number of aromatic nitrogens is 1. The zero-order valence-electron chi connectivity index (χ0n) is 12.2. The van der Waals surface area contributed by atoms with Crippen molar-refractivity contribution in [3.63, 3.8) is 0 Å². The van der Waals surface area contributed by atoms with Crippen LogP contribution in [0.3, 0.4) is 0 Å². The van der Waals surface area contributed by atoms with E-state index in [4.69, 9.17) is 4.74 Å². The Labute approximate surface area is 127 Å². The molecule has 2 rings (SSSR count). The maximum Gasteiger partial charge on any atom is 0.202 e. The van der Waals surface area contributed by atoms with Crippen LogP contribution in [0, 0.1) is 20.8 Å². The average Bonchev–Trinajstić information content (AvgIpc) is 2.67. The Balaban J connectivity index is 2.08. The van der Waals surface area contributed by atoms with E-state index >= 15 is 0 Å². The van der Waals surface area contributed by atoms with Gasteiger partial charge in [-0.25, -0.2) is 0 Å². The molecule has 1 heterocycles. The van der Waals surface area contributed by atoms with Gasteiger partial charge in [0, 0.05) is 28.5 Å². The van der Waals surface area contributed by atoms with E-state index in [1.54, 1.807) is 0 Å². The number of ether oxygens (including phenoxy) is 1. The number of halogens is 1. The highest BCUT2D eigenvalue weighted by Gasteiger charge is 2.14. The van der Waals surface area contributed by atoms with E-state index in [-0.39, 0.29) is 12.4 Å². The highest BCUT2D eigenvalue weighted by molar-refractivity contribution is 9.10. The van der Waals surface area contributed by atoms with Crippen molar-refractivity contribution in [3.05, 3.63) is 51.3 Å². The standard InChI is InChI=1S/C16H18BrNO2/c1-10-7-13(5-6-15(10)17)20-9-16(19)14-8-11(2)18(4)12(14)3/h5-8H,9H2,1-4H3. The fourth-order valence-electron chi connectivity index (χ4n) is 2.07. The molecule has 0 aliphatic carbocycles. The van der Waals surface area contributed by atoms with Crippen molar-refractivity contribution >= 4 is 21.7 Å². The van der Waals surface area contributed by atoms with Gasteiger partial charge in [0.15, 0.2) is 6.61 Å². The average molecular weight is 336 g/mol. The molecule has 0 N–H and O–H groups in total. The molecule has 0 unspecified atom stereocenters. The van der Waals surface area contributed by atoms with Gasteiger partial charge < -0.3 is 9.30 Å². The third-order valence-electron chi connectivity index (χ3n) is 3.57. The smallest absolute Gasteiger partial charge is 0.202 e. The lowest BCUT2D eigenvalue weighted by Crippen LogP contribution is -2.12. The van der Waals surface area contributed by atoms with Crippen LogP contribution in [0.5, 0.6) is 5.75 Å². The lowest BCUT2D eigenvalue weighted by atomic mass is 10.1. The number of carbonyl (C=O) groups excluding carboxylic acids is 1. The number of nitrogens with zero attached hydrogens (tertiary/aromatic N) is 1. The molecular formula is C16H18BrNO2. The van der Waals surface area contributed by atoms with Gasteiger partial charge in [-0.15, -0.1) is 0 Å². The number of hydrogen-bond acceptors (Lipinski definition) is 2. The van der Waals surface area contributed by atoms with Crippen LogP contribution in [0.15, 0.2) is 28.7 Å². The molecule has 106 valence electrons. The molecule has 1 aromatic heterocycles. The van der Waals surface area contributed by atoms with Crippen LogP contribution in [0.4, 0.5) is 0 Å². The summed E-state index contributed by atoms with van der Waals surface area (Å²) < 4.78 is 8.63. The summed E-state index contributed by atoms with van der Waals surface area (Å²) in [5, 5.41) is 0. The third-order valence-corrected chi connectivity index (χ3v) is 4.46. The molecule has 3 nitrogen and oxygen atoms in total. The van der Waals surface area contributed by atoms with Crippen molar-refractivity contribution in [2.75, 3.05) is 6.61 Å². The summed E-state index contributed by atoms with van der Waals surface area (Å²) in [6.45, 7) is 5.99. The summed E-state index contributed by atoms with van der Waals surface area (Å²) in [6.07, 6.45) is 0. The summed E-state index contributed by atoms with van der Waals surface area (Å²) in [5.41, 5.74) is 3.87. The number of aryl methyl sites for hydroxylation is 2. The van der Waals surface area contributed by atoms with E-state index in [1.807, 2.05) is 56.7 Å². The van der Waals surface area contributed by atoms with Gasteiger partial charge in [0.05, 0.1) is 0 Å². The van der Waals surface area contributed by atoms with Crippen molar-refractivity contribution in [2.24, 2.45) is 7.05 Å². The van der Waals surface area contributed by atoms with Gasteiger partial charge in [-0.2, -0.15) is 0 Å². The Kier molecular flexibility index (Phi) is 4.33. The van der Waals surface area contributed by atoms with E-state index < -0.39 is 0 Å². The molecule has 0 aliphatic heterocycles. The Morgan fingerprint density at radius 1 is 1.25 bits per heavy atom. The molecule has 0 amide bonds. The lowest BCUT2D eigenvalue weighted by Gasteiger charge is -2.07. The molecule has 2 aromatic rings. The molecule has 4 heteroatoms. The van der Waals surface area contributed by atoms with Gasteiger partial charge >= 0.3 is 0 Å². The van der Waals surface area contributed by atoms with E-state index in [0.29, 0.717) is 5.75 Å². The highest BCUT2D eigenvalue weighted by atomic mass is 79.9. The van der Waals surface area contributed by atoms with Gasteiger partial charge in [0.2, 0.25) is 5.78 Å². The number of ketones is 1. The summed E-state index contributed by atoms with van der Waals surface area (Å²) in [7, 11) is 1.96. The minimum absolute atomic E-state index is 0.00627. The molecule has 0 fully saturated rings. The van der Waals surface area contributed by atoms with Crippen LogP contribution in [-0.4, -0.2) is 17.0 Å². The summed E-state index contributed by atoms with van der Waals surface area (Å²) in [4.78, 5) is 12.2. The van der Waals surface area contributed by atoms with E-state index in [9.17, 15) is 4.79 Å². The fourth-order valence-corrected chi connectivity index (χ4v) is 2.32. The maximum absolute atomic E-state index is 12.2. The molecule has 1 aromatic carbocycles. The summed E-state index contributed by atoms with van der Waals surface area (Å²) >= 11 is 3.44. The molecule has 0 spiro atoms. The molecule has 0 aliphatic rings. The number of hydrogen-bond donors (Lipinski definition) is 0. The first-order chi connectivity index (χ1) is 9.40. The van der Waals surface area contributed by atoms with Crippen LogP contribution in [0.1, 0.15) is 27.3 Å². The molecular weight excluding hydrogens is 318 g/mol. The Morgan fingerprint density at radius 3 is 2.50 bits per heavy atom. The van der Waals surface area contributed by atoms with Gasteiger partial charge in [0.25, 0.3) is 0 Å². The first-order valence-corrected chi connectivity index (χ1v) is 7.24. The molecule has 0 saturated heterocycles. The van der Waals surface area contributed by atoms with Crippen LogP contribution < -0.4 is 4.74 Å². The van der Waals surface area contributed by atoms with Crippen LogP contribution in [0.2, 0.25) is 0 Å². The summed E-state index contributed by atoms with van der Waals surface area (Å²) in [6, 6.07) is 7.61. The van der Waals surface area contributed by atoms with Gasteiger partial charge in [-0.1, -0.05) is 15.9 Å². The lowest BCUT2D eigenvalue weighted by molar-refractivity contribution is 0.0920. The highest BCUT2D eigenvalue weighted by Crippen LogP contribution is 2.22. The molecule has 0 radical (unpaired) electrons. The van der Waals surface area contributed by atoms with Crippen molar-refractivity contribution in [3.8, 4) is 5.75 Å². The van der Waals surface area contributed by atoms with Crippen LogP contribution in [-0.2, 0) is 7.05 Å². The number of Topliss-reactive ketones (excluding diaryl/α,β-unsaturated/α-hetero) is 1. The van der Waals surface area contributed by atoms with E-state index in [1.165, 1.54) is 0 Å². The van der Waals surface area contributed by atoms with Crippen molar-refractivity contribution < 1.29 is 9.53 Å². The van der Waals surface area contributed by atoms with Gasteiger partial charge in [0.1, 0.15) is 5.75 Å². The third kappa shape index (κ3) is 2.96. The van der Waals surface area contributed by atoms with Crippen molar-refractivity contribution in [1.82, 2.24) is 4.57 Å². The Hall–Kier alpha value is -1.55. The van der Waals surface area contributed by atoms with Gasteiger partial charge in [-0.3, -0.25) is 4.79 Å². The molecule has 20 heavy (non-hydrogen) atoms. The normalized spacial score (nSPS) is 10.7.